The third-order valence-electron chi connectivity index (χ3n) is 13.2. The first-order valence-corrected chi connectivity index (χ1v) is 23.3. The van der Waals surface area contributed by atoms with Crippen molar-refractivity contribution in [1.29, 1.82) is 0 Å². The molecular formula is C52H59FN4O10. The van der Waals surface area contributed by atoms with E-state index in [4.69, 9.17) is 28.9 Å². The number of hydrogen-bond donors (Lipinski definition) is 2. The van der Waals surface area contributed by atoms with Crippen molar-refractivity contribution in [3.8, 4) is 17.2 Å². The predicted octanol–water partition coefficient (Wildman–Crippen LogP) is 8.96. The summed E-state index contributed by atoms with van der Waals surface area (Å²) >= 11 is 0. The summed E-state index contributed by atoms with van der Waals surface area (Å²) < 4.78 is 41.4. The number of hydrogen-bond acceptors (Lipinski definition) is 12. The lowest BCUT2D eigenvalue weighted by molar-refractivity contribution is -0.384. The summed E-state index contributed by atoms with van der Waals surface area (Å²) in [4.78, 5) is 36.1. The van der Waals surface area contributed by atoms with Crippen LogP contribution < -0.4 is 14.2 Å². The van der Waals surface area contributed by atoms with E-state index in [9.17, 15) is 24.7 Å². The molecule has 0 radical (unpaired) electrons. The average molecular weight is 919 g/mol. The number of benzene rings is 4. The van der Waals surface area contributed by atoms with E-state index in [0.29, 0.717) is 42.2 Å². The molecule has 8 rings (SSSR count). The summed E-state index contributed by atoms with van der Waals surface area (Å²) in [5.74, 6) is -1.66. The molecule has 2 N–H and O–H groups in total. The van der Waals surface area contributed by atoms with Crippen LogP contribution in [-0.4, -0.2) is 94.6 Å². The number of rotatable bonds is 23. The Kier molecular flexibility index (Phi) is 15.6. The van der Waals surface area contributed by atoms with Crippen LogP contribution in [0.3, 0.4) is 0 Å². The van der Waals surface area contributed by atoms with Crippen molar-refractivity contribution in [3.63, 3.8) is 0 Å². The number of unbranched alkanes of at least 4 members (excludes halogenated alkanes) is 2. The minimum Gasteiger partial charge on any atom is -0.492 e. The number of non-ortho nitro benzene ring substituents is 1. The summed E-state index contributed by atoms with van der Waals surface area (Å²) in [6.45, 7) is 7.71. The zero-order valence-corrected chi connectivity index (χ0v) is 37.6. The Balaban J connectivity index is 1.31. The third kappa shape index (κ3) is 11.2. The molecule has 15 heteroatoms. The summed E-state index contributed by atoms with van der Waals surface area (Å²) in [5.41, 5.74) is 3.69. The van der Waals surface area contributed by atoms with Crippen LogP contribution >= 0.6 is 0 Å². The number of fused-ring (bicyclic) bond motifs is 2. The third-order valence-corrected chi connectivity index (χ3v) is 13.2. The standard InChI is InChI=1S/C52H59FN4O10/c1-2-29-64-52-48(56(34-36-14-16-39(53)17-15-36)51(60)66-41-20-18-40(19-21-41)57(61)62)33-46(54-65-35-37-10-4-3-5-11-37)44-31-38(12-6-8-27-58)43(13-7-9-28-59)49(50(44)52)45-32-42(22-23-47(45)67-52)63-30-26-55-24-25-55/h2-5,10-11,14-23,31-32,38,43,48-50,58-59H,1,6-9,12-13,24-30,33-35H2. The fourth-order valence-electron chi connectivity index (χ4n) is 9.97. The lowest BCUT2D eigenvalue weighted by Crippen LogP contribution is -2.70. The molecular weight excluding hydrogens is 860 g/mol. The number of carbonyl (C=O) groups excluding carboxylic acids is 1. The molecule has 0 bridgehead atoms. The molecule has 1 amide bonds. The Morgan fingerprint density at radius 1 is 0.955 bits per heavy atom. The number of nitro benzene ring substituents is 1. The molecule has 6 atom stereocenters. The van der Waals surface area contributed by atoms with E-state index in [1.54, 1.807) is 18.2 Å². The van der Waals surface area contributed by atoms with Crippen LogP contribution in [0.25, 0.3) is 0 Å². The van der Waals surface area contributed by atoms with E-state index in [1.165, 1.54) is 41.3 Å². The molecule has 67 heavy (non-hydrogen) atoms. The molecule has 354 valence electrons. The first-order valence-electron chi connectivity index (χ1n) is 23.3. The van der Waals surface area contributed by atoms with E-state index in [2.05, 4.69) is 23.6 Å². The summed E-state index contributed by atoms with van der Waals surface area (Å²) in [7, 11) is 0. The lowest BCUT2D eigenvalue weighted by Gasteiger charge is -2.59. The van der Waals surface area contributed by atoms with Gasteiger partial charge in [0, 0.05) is 69.4 Å². The highest BCUT2D eigenvalue weighted by atomic mass is 19.1. The van der Waals surface area contributed by atoms with Crippen LogP contribution in [0.15, 0.2) is 127 Å². The fraction of sp³-hybridized carbons (Fsp3) is 0.423. The Bertz CT molecular complexity index is 2380. The molecule has 2 fully saturated rings. The number of aliphatic hydroxyl groups excluding tert-OH is 2. The van der Waals surface area contributed by atoms with Gasteiger partial charge in [0.15, 0.2) is 0 Å². The number of ether oxygens (including phenoxy) is 4. The predicted molar refractivity (Wildman–Crippen MR) is 249 cm³/mol. The van der Waals surface area contributed by atoms with E-state index >= 15 is 4.79 Å². The highest BCUT2D eigenvalue weighted by Crippen LogP contribution is 2.62. The second-order valence-electron chi connectivity index (χ2n) is 17.6. The zero-order chi connectivity index (χ0) is 46.8. The largest absolute Gasteiger partial charge is 0.492 e. The molecule has 2 heterocycles. The number of nitro groups is 1. The zero-order valence-electron chi connectivity index (χ0n) is 37.6. The minimum atomic E-state index is -1.61. The smallest absolute Gasteiger partial charge is 0.416 e. The number of oxime groups is 1. The molecule has 4 aromatic rings. The van der Waals surface area contributed by atoms with E-state index in [0.717, 1.165) is 62.0 Å². The lowest BCUT2D eigenvalue weighted by atomic mass is 9.55. The van der Waals surface area contributed by atoms with Gasteiger partial charge in [-0.1, -0.05) is 72.6 Å². The van der Waals surface area contributed by atoms with Crippen LogP contribution in [0.5, 0.6) is 17.2 Å². The van der Waals surface area contributed by atoms with Gasteiger partial charge in [-0.3, -0.25) is 19.9 Å². The van der Waals surface area contributed by atoms with Crippen molar-refractivity contribution in [2.45, 2.75) is 75.8 Å². The topological polar surface area (TPSA) is 165 Å². The van der Waals surface area contributed by atoms with Gasteiger partial charge in [0.2, 0.25) is 5.79 Å². The van der Waals surface area contributed by atoms with Gasteiger partial charge in [-0.15, -0.1) is 6.58 Å². The minimum absolute atomic E-state index is 0.00934. The van der Waals surface area contributed by atoms with Crippen molar-refractivity contribution in [1.82, 2.24) is 9.80 Å². The van der Waals surface area contributed by atoms with Crippen molar-refractivity contribution < 1.29 is 48.1 Å². The van der Waals surface area contributed by atoms with Gasteiger partial charge in [0.25, 0.3) is 5.69 Å². The van der Waals surface area contributed by atoms with Crippen LogP contribution in [0.1, 0.15) is 67.6 Å². The van der Waals surface area contributed by atoms with Gasteiger partial charge >= 0.3 is 6.09 Å². The Hall–Kier alpha value is -6.13. The Morgan fingerprint density at radius 3 is 2.39 bits per heavy atom. The van der Waals surface area contributed by atoms with Crippen molar-refractivity contribution in [3.05, 3.63) is 154 Å². The van der Waals surface area contributed by atoms with Crippen LogP contribution in [0.4, 0.5) is 14.9 Å². The van der Waals surface area contributed by atoms with Gasteiger partial charge in [0.05, 0.1) is 23.2 Å². The van der Waals surface area contributed by atoms with Gasteiger partial charge in [-0.2, -0.15) is 0 Å². The highest BCUT2D eigenvalue weighted by molar-refractivity contribution is 6.03. The molecule has 0 spiro atoms. The fourth-order valence-corrected chi connectivity index (χ4v) is 9.97. The number of amides is 1. The molecule has 6 unspecified atom stereocenters. The number of carbonyl (C=O) groups is 1. The van der Waals surface area contributed by atoms with Crippen LogP contribution in [0.2, 0.25) is 0 Å². The first kappa shape index (κ1) is 47.4. The van der Waals surface area contributed by atoms with Crippen LogP contribution in [0, 0.1) is 33.7 Å². The molecule has 4 aliphatic rings. The first-order chi connectivity index (χ1) is 32.7. The molecule has 14 nitrogen and oxygen atoms in total. The van der Waals surface area contributed by atoms with Gasteiger partial charge < -0.3 is 34.0 Å². The maximum absolute atomic E-state index is 15.0. The molecule has 4 aromatic carbocycles. The van der Waals surface area contributed by atoms with E-state index < -0.39 is 34.6 Å². The van der Waals surface area contributed by atoms with Crippen molar-refractivity contribution in [2.75, 3.05) is 46.1 Å². The number of nitrogens with zero attached hydrogens (tertiary/aromatic N) is 4. The van der Waals surface area contributed by atoms with E-state index in [-0.39, 0.29) is 68.6 Å². The summed E-state index contributed by atoms with van der Waals surface area (Å²) in [6, 6.07) is 25.7. The molecule has 1 saturated heterocycles. The highest BCUT2D eigenvalue weighted by Gasteiger charge is 2.65. The Morgan fingerprint density at radius 2 is 1.69 bits per heavy atom. The van der Waals surface area contributed by atoms with Gasteiger partial charge in [0.1, 0.15) is 42.3 Å². The van der Waals surface area contributed by atoms with E-state index in [1.807, 2.05) is 42.5 Å². The van der Waals surface area contributed by atoms with Crippen LogP contribution in [-0.2, 0) is 22.7 Å². The van der Waals surface area contributed by atoms with Crippen molar-refractivity contribution >= 4 is 17.5 Å². The van der Waals surface area contributed by atoms with Crippen molar-refractivity contribution in [2.24, 2.45) is 22.9 Å². The SMILES string of the molecule is C=CCOC12Oc3ccc(OCCN4CC4)cc3C3C(CCCCO)C(CCCCO)C=C(C(=NOCc4ccccc4)CC1N(Cc1ccc(F)cc1)C(=O)Oc1ccc([N+](=O)[O-])cc1)C32. The molecule has 2 aliphatic carbocycles. The quantitative estimate of drug-likeness (QED) is 0.0240. The van der Waals surface area contributed by atoms with Gasteiger partial charge in [-0.05, 0) is 96.7 Å². The average Bonchev–Trinajstić information content (AvgIpc) is 4.17. The Labute approximate surface area is 390 Å². The molecule has 1 saturated carbocycles. The number of allylic oxidation sites excluding steroid dienone is 1. The number of aliphatic hydroxyl groups is 2. The molecule has 2 aliphatic heterocycles. The number of halogens is 1. The maximum atomic E-state index is 15.0. The maximum Gasteiger partial charge on any atom is 0.416 e. The summed E-state index contributed by atoms with van der Waals surface area (Å²) in [5, 5.41) is 36.4. The summed E-state index contributed by atoms with van der Waals surface area (Å²) in [6.07, 6.45) is 7.47. The second-order valence-corrected chi connectivity index (χ2v) is 17.6. The van der Waals surface area contributed by atoms with Gasteiger partial charge in [-0.25, -0.2) is 9.18 Å². The normalized spacial score (nSPS) is 23.2. The monoisotopic (exact) mass is 918 g/mol. The second kappa shape index (κ2) is 22.1. The molecule has 0 aromatic heterocycles.